The highest BCUT2D eigenvalue weighted by atomic mass is 19.4. The molecule has 202 valence electrons. The Hall–Kier alpha value is -4.51. The number of alkyl halides is 3. The maximum absolute atomic E-state index is 14.5. The molecule has 0 N–H and O–H groups in total. The van der Waals surface area contributed by atoms with Crippen molar-refractivity contribution in [3.05, 3.63) is 138 Å². The number of rotatable bonds is 1. The molecule has 2 nitrogen and oxygen atoms in total. The Morgan fingerprint density at radius 3 is 2.32 bits per heavy atom. The van der Waals surface area contributed by atoms with Crippen LogP contribution in [0.3, 0.4) is 0 Å². The van der Waals surface area contributed by atoms with Gasteiger partial charge in [0.05, 0.1) is 17.0 Å². The zero-order chi connectivity index (χ0) is 28.3. The molecule has 5 heteroatoms. The summed E-state index contributed by atoms with van der Waals surface area (Å²) in [5.41, 5.74) is 8.36. The molecular weight excluding hydrogens is 517 g/mol. The summed E-state index contributed by atoms with van der Waals surface area (Å²) in [5, 5.41) is 0. The van der Waals surface area contributed by atoms with Gasteiger partial charge in [-0.1, -0.05) is 54.6 Å². The van der Waals surface area contributed by atoms with Crippen molar-refractivity contribution in [3.63, 3.8) is 0 Å². The number of fused-ring (bicyclic) bond motifs is 9. The SMILES string of the molecule is C=C1C2C(CCc3c(cccc3C(F)(F)F)-c3cc(C)c(-c4ccccc4)c[n+]31)c1ccccc1-c1cccc[n+]12. The topological polar surface area (TPSA) is 7.76 Å². The predicted molar refractivity (Wildman–Crippen MR) is 155 cm³/mol. The largest absolute Gasteiger partial charge is 0.416 e. The summed E-state index contributed by atoms with van der Waals surface area (Å²) in [6, 6.07) is 31.0. The first-order chi connectivity index (χ1) is 19.8. The van der Waals surface area contributed by atoms with E-state index in [2.05, 4.69) is 58.4 Å². The number of hydrogen-bond acceptors (Lipinski definition) is 0. The van der Waals surface area contributed by atoms with E-state index < -0.39 is 11.7 Å². The van der Waals surface area contributed by atoms with Crippen molar-refractivity contribution in [2.45, 2.75) is 37.9 Å². The van der Waals surface area contributed by atoms with E-state index in [1.54, 1.807) is 0 Å². The van der Waals surface area contributed by atoms with E-state index in [1.807, 2.05) is 61.5 Å². The van der Waals surface area contributed by atoms with E-state index in [9.17, 15) is 13.2 Å². The minimum atomic E-state index is -4.45. The molecule has 2 aliphatic heterocycles. The van der Waals surface area contributed by atoms with Crippen LogP contribution in [0.1, 0.15) is 40.6 Å². The van der Waals surface area contributed by atoms with E-state index in [1.165, 1.54) is 12.1 Å². The van der Waals surface area contributed by atoms with Crippen LogP contribution in [0.15, 0.2) is 116 Å². The lowest BCUT2D eigenvalue weighted by molar-refractivity contribution is -0.727. The molecule has 0 saturated carbocycles. The Labute approximate surface area is 237 Å². The number of aryl methyl sites for hydroxylation is 1. The lowest BCUT2D eigenvalue weighted by Crippen LogP contribution is -2.53. The van der Waals surface area contributed by atoms with E-state index in [0.717, 1.165) is 44.9 Å². The van der Waals surface area contributed by atoms with Gasteiger partial charge in [0.2, 0.25) is 23.1 Å². The molecule has 5 aromatic rings. The molecule has 0 bridgehead atoms. The molecule has 41 heavy (non-hydrogen) atoms. The molecule has 2 aliphatic rings. The minimum Gasteiger partial charge on any atom is -0.184 e. The van der Waals surface area contributed by atoms with E-state index in [0.29, 0.717) is 24.0 Å². The van der Waals surface area contributed by atoms with Crippen LogP contribution < -0.4 is 9.13 Å². The van der Waals surface area contributed by atoms with Crippen molar-refractivity contribution in [1.29, 1.82) is 0 Å². The highest BCUT2D eigenvalue weighted by Crippen LogP contribution is 2.46. The van der Waals surface area contributed by atoms with Gasteiger partial charge < -0.3 is 0 Å². The molecule has 0 amide bonds. The standard InChI is InChI=1S/C36H29F3N2/c1-23-21-34-29-15-10-16-32(36(37,38)39)27(29)18-19-30-26-13-6-7-14-28(26)33-17-8-9-20-40(33)35(30)24(2)41(34)22-31(23)25-11-4-3-5-12-25/h3-17,20-22,30,35H,2,18-19H2,1H3/q+2. The first kappa shape index (κ1) is 25.5. The van der Waals surface area contributed by atoms with Gasteiger partial charge in [0.25, 0.3) is 0 Å². The van der Waals surface area contributed by atoms with Crippen molar-refractivity contribution in [2.75, 3.05) is 0 Å². The number of allylic oxidation sites excluding steroid dienone is 1. The Bertz CT molecular complexity index is 1820. The predicted octanol–water partition coefficient (Wildman–Crippen LogP) is 8.35. The van der Waals surface area contributed by atoms with Crippen molar-refractivity contribution in [3.8, 4) is 33.6 Å². The normalized spacial score (nSPS) is 17.6. The number of aromatic nitrogens is 2. The van der Waals surface area contributed by atoms with Gasteiger partial charge in [0, 0.05) is 29.3 Å². The molecular formula is C36H29F3N2+2. The average molecular weight is 547 g/mol. The summed E-state index contributed by atoms with van der Waals surface area (Å²) >= 11 is 0. The summed E-state index contributed by atoms with van der Waals surface area (Å²) in [4.78, 5) is 0. The molecule has 0 fully saturated rings. The summed E-state index contributed by atoms with van der Waals surface area (Å²) < 4.78 is 47.7. The van der Waals surface area contributed by atoms with Crippen LogP contribution in [-0.4, -0.2) is 0 Å². The maximum atomic E-state index is 14.5. The first-order valence-corrected chi connectivity index (χ1v) is 13.9. The molecule has 0 radical (unpaired) electrons. The van der Waals surface area contributed by atoms with Gasteiger partial charge in [-0.3, -0.25) is 0 Å². The number of hydrogen-bond donors (Lipinski definition) is 0. The Balaban J connectivity index is 1.55. The fourth-order valence-corrected chi connectivity index (χ4v) is 6.87. The summed E-state index contributed by atoms with van der Waals surface area (Å²) in [6.07, 6.45) is 0.550. The third-order valence-electron chi connectivity index (χ3n) is 8.70. The molecule has 2 unspecified atom stereocenters. The zero-order valence-corrected chi connectivity index (χ0v) is 22.7. The van der Waals surface area contributed by atoms with Crippen LogP contribution in [0, 0.1) is 6.92 Å². The first-order valence-electron chi connectivity index (χ1n) is 13.9. The molecule has 0 spiro atoms. The third kappa shape index (κ3) is 4.10. The van der Waals surface area contributed by atoms with Gasteiger partial charge >= 0.3 is 6.18 Å². The highest BCUT2D eigenvalue weighted by molar-refractivity contribution is 5.72. The number of pyridine rings is 2. The average Bonchev–Trinajstić information content (AvgIpc) is 3.03. The van der Waals surface area contributed by atoms with Crippen LogP contribution in [0.2, 0.25) is 0 Å². The Kier molecular flexibility index (Phi) is 5.93. The molecule has 0 aliphatic carbocycles. The van der Waals surface area contributed by atoms with Gasteiger partial charge in [0.1, 0.15) is 0 Å². The smallest absolute Gasteiger partial charge is 0.184 e. The van der Waals surface area contributed by atoms with Gasteiger partial charge in [-0.2, -0.15) is 22.3 Å². The summed E-state index contributed by atoms with van der Waals surface area (Å²) in [5.74, 6) is -0.0623. The van der Waals surface area contributed by atoms with Crippen molar-refractivity contribution in [1.82, 2.24) is 0 Å². The fourth-order valence-electron chi connectivity index (χ4n) is 6.87. The van der Waals surface area contributed by atoms with E-state index in [4.69, 9.17) is 0 Å². The zero-order valence-electron chi connectivity index (χ0n) is 22.7. The van der Waals surface area contributed by atoms with Crippen LogP contribution in [-0.2, 0) is 12.6 Å². The van der Waals surface area contributed by atoms with Crippen LogP contribution in [0.5, 0.6) is 0 Å². The van der Waals surface area contributed by atoms with Gasteiger partial charge in [0.15, 0.2) is 12.4 Å². The monoisotopic (exact) mass is 546 g/mol. The molecule has 3 aromatic carbocycles. The summed E-state index contributed by atoms with van der Waals surface area (Å²) in [6.45, 7) is 6.71. The van der Waals surface area contributed by atoms with Gasteiger partial charge in [-0.05, 0) is 72.9 Å². The lowest BCUT2D eigenvalue weighted by atomic mass is 9.78. The van der Waals surface area contributed by atoms with E-state index >= 15 is 0 Å². The second kappa shape index (κ2) is 9.55. The maximum Gasteiger partial charge on any atom is 0.416 e. The fraction of sp³-hybridized carbons (Fsp3) is 0.167. The second-order valence-corrected chi connectivity index (χ2v) is 11.0. The van der Waals surface area contributed by atoms with Crippen molar-refractivity contribution >= 4 is 5.70 Å². The number of halogens is 3. The minimum absolute atomic E-state index is 0.0623. The number of benzene rings is 3. The molecule has 2 atom stereocenters. The Morgan fingerprint density at radius 1 is 0.780 bits per heavy atom. The third-order valence-corrected chi connectivity index (χ3v) is 8.70. The van der Waals surface area contributed by atoms with E-state index in [-0.39, 0.29) is 12.0 Å². The van der Waals surface area contributed by atoms with Gasteiger partial charge in [-0.15, -0.1) is 0 Å². The van der Waals surface area contributed by atoms with Crippen LogP contribution in [0.25, 0.3) is 39.3 Å². The molecule has 7 rings (SSSR count). The molecule has 4 heterocycles. The van der Waals surface area contributed by atoms with Crippen molar-refractivity contribution in [2.24, 2.45) is 0 Å². The highest BCUT2D eigenvalue weighted by Gasteiger charge is 2.47. The van der Waals surface area contributed by atoms with Crippen molar-refractivity contribution < 1.29 is 22.3 Å². The second-order valence-electron chi connectivity index (χ2n) is 11.0. The quantitative estimate of drug-likeness (QED) is 0.187. The Morgan fingerprint density at radius 2 is 1.51 bits per heavy atom. The van der Waals surface area contributed by atoms with Crippen LogP contribution in [0.4, 0.5) is 13.2 Å². The molecule has 2 aromatic heterocycles. The molecule has 0 saturated heterocycles. The van der Waals surface area contributed by atoms with Gasteiger partial charge in [-0.25, -0.2) is 0 Å². The lowest BCUT2D eigenvalue weighted by Gasteiger charge is -2.29. The number of nitrogens with zero attached hydrogens (tertiary/aromatic N) is 2. The van der Waals surface area contributed by atoms with Crippen LogP contribution >= 0.6 is 0 Å². The summed E-state index contributed by atoms with van der Waals surface area (Å²) in [7, 11) is 0.